The molecule has 0 bridgehead atoms. The summed E-state index contributed by atoms with van der Waals surface area (Å²) in [4.78, 5) is 15.5. The number of aromatic carboxylic acids is 1. The van der Waals surface area contributed by atoms with Crippen molar-refractivity contribution in [2.45, 2.75) is 0 Å². The summed E-state index contributed by atoms with van der Waals surface area (Å²) in [7, 11) is 0. The molecule has 0 saturated carbocycles. The number of halogens is 1. The van der Waals surface area contributed by atoms with Crippen LogP contribution < -0.4 is 0 Å². The lowest BCUT2D eigenvalue weighted by Gasteiger charge is -2.06. The van der Waals surface area contributed by atoms with Crippen LogP contribution in [0, 0.1) is 0 Å². The van der Waals surface area contributed by atoms with Gasteiger partial charge in [0, 0.05) is 16.1 Å². The van der Waals surface area contributed by atoms with Gasteiger partial charge in [0.1, 0.15) is 0 Å². The van der Waals surface area contributed by atoms with Crippen LogP contribution in [0.5, 0.6) is 0 Å². The van der Waals surface area contributed by atoms with Gasteiger partial charge in [-0.25, -0.2) is 4.79 Å². The Balaban J connectivity index is 2.15. The standard InChI is InChI=1S/C16H10BrNO2/c17-14-6-5-11(8-13(14)16(19)20)12-4-3-10-2-1-7-18-15(10)9-12/h1-9H,(H,19,20). The minimum absolute atomic E-state index is 0.253. The van der Waals surface area contributed by atoms with E-state index in [2.05, 4.69) is 20.9 Å². The Morgan fingerprint density at radius 1 is 1.05 bits per heavy atom. The van der Waals surface area contributed by atoms with Crippen molar-refractivity contribution in [1.82, 2.24) is 4.98 Å². The zero-order valence-electron chi connectivity index (χ0n) is 10.4. The maximum absolute atomic E-state index is 11.2. The van der Waals surface area contributed by atoms with Gasteiger partial charge in [0.25, 0.3) is 0 Å². The van der Waals surface area contributed by atoms with Gasteiger partial charge in [-0.05, 0) is 51.3 Å². The number of aromatic nitrogens is 1. The summed E-state index contributed by atoms with van der Waals surface area (Å²) in [5.74, 6) is -0.947. The predicted octanol–water partition coefficient (Wildman–Crippen LogP) is 4.36. The number of nitrogens with zero attached hydrogens (tertiary/aromatic N) is 1. The van der Waals surface area contributed by atoms with Gasteiger partial charge in [-0.2, -0.15) is 0 Å². The maximum Gasteiger partial charge on any atom is 0.336 e. The van der Waals surface area contributed by atoms with E-state index in [9.17, 15) is 4.79 Å². The Hall–Kier alpha value is -2.20. The molecule has 4 heteroatoms. The van der Waals surface area contributed by atoms with E-state index in [4.69, 9.17) is 5.11 Å². The van der Waals surface area contributed by atoms with Crippen LogP contribution in [0.15, 0.2) is 59.2 Å². The number of hydrogen-bond acceptors (Lipinski definition) is 2. The Bertz CT molecular complexity index is 814. The Morgan fingerprint density at radius 3 is 2.60 bits per heavy atom. The summed E-state index contributed by atoms with van der Waals surface area (Å²) in [6, 6.07) is 15.1. The van der Waals surface area contributed by atoms with Gasteiger partial charge in [0.2, 0.25) is 0 Å². The topological polar surface area (TPSA) is 50.2 Å². The molecule has 3 aromatic rings. The molecule has 3 nitrogen and oxygen atoms in total. The minimum Gasteiger partial charge on any atom is -0.478 e. The Kier molecular flexibility index (Phi) is 3.24. The molecule has 0 unspecified atom stereocenters. The zero-order chi connectivity index (χ0) is 14.1. The van der Waals surface area contributed by atoms with Crippen LogP contribution in [0.1, 0.15) is 10.4 Å². The van der Waals surface area contributed by atoms with Crippen molar-refractivity contribution >= 4 is 32.8 Å². The van der Waals surface area contributed by atoms with E-state index in [1.807, 2.05) is 36.4 Å². The largest absolute Gasteiger partial charge is 0.478 e. The lowest BCUT2D eigenvalue weighted by molar-refractivity contribution is 0.0696. The third-order valence-corrected chi connectivity index (χ3v) is 3.83. The quantitative estimate of drug-likeness (QED) is 0.760. The van der Waals surface area contributed by atoms with Gasteiger partial charge in [-0.15, -0.1) is 0 Å². The van der Waals surface area contributed by atoms with Crippen molar-refractivity contribution in [3.8, 4) is 11.1 Å². The smallest absolute Gasteiger partial charge is 0.336 e. The highest BCUT2D eigenvalue weighted by Gasteiger charge is 2.10. The Labute approximate surface area is 124 Å². The van der Waals surface area contributed by atoms with Gasteiger partial charge in [-0.3, -0.25) is 4.98 Å². The van der Waals surface area contributed by atoms with Crippen LogP contribution in [-0.2, 0) is 0 Å². The van der Waals surface area contributed by atoms with Crippen molar-refractivity contribution in [2.24, 2.45) is 0 Å². The van der Waals surface area contributed by atoms with Crippen molar-refractivity contribution in [1.29, 1.82) is 0 Å². The highest BCUT2D eigenvalue weighted by Crippen LogP contribution is 2.27. The number of carboxylic acids is 1. The van der Waals surface area contributed by atoms with Crippen LogP contribution in [-0.4, -0.2) is 16.1 Å². The third kappa shape index (κ3) is 2.30. The van der Waals surface area contributed by atoms with Crippen molar-refractivity contribution in [2.75, 3.05) is 0 Å². The molecular formula is C16H10BrNO2. The van der Waals surface area contributed by atoms with Crippen LogP contribution in [0.4, 0.5) is 0 Å². The number of fused-ring (bicyclic) bond motifs is 1. The fraction of sp³-hybridized carbons (Fsp3) is 0. The molecule has 0 radical (unpaired) electrons. The summed E-state index contributed by atoms with van der Waals surface area (Å²) in [5.41, 5.74) is 2.96. The van der Waals surface area contributed by atoms with Crippen molar-refractivity contribution in [3.05, 3.63) is 64.8 Å². The van der Waals surface area contributed by atoms with Crippen LogP contribution >= 0.6 is 15.9 Å². The molecule has 0 amide bonds. The van der Waals surface area contributed by atoms with E-state index in [1.165, 1.54) is 0 Å². The lowest BCUT2D eigenvalue weighted by Crippen LogP contribution is -1.97. The highest BCUT2D eigenvalue weighted by molar-refractivity contribution is 9.10. The second kappa shape index (κ2) is 5.06. The fourth-order valence-electron chi connectivity index (χ4n) is 2.11. The molecule has 0 atom stereocenters. The average molecular weight is 328 g/mol. The first-order valence-electron chi connectivity index (χ1n) is 6.03. The molecule has 20 heavy (non-hydrogen) atoms. The molecule has 1 N–H and O–H groups in total. The summed E-state index contributed by atoms with van der Waals surface area (Å²) in [5, 5.41) is 10.2. The summed E-state index contributed by atoms with van der Waals surface area (Å²) < 4.78 is 0.577. The van der Waals surface area contributed by atoms with E-state index in [0.717, 1.165) is 22.0 Å². The number of rotatable bonds is 2. The molecule has 0 fully saturated rings. The molecule has 0 aliphatic carbocycles. The summed E-state index contributed by atoms with van der Waals surface area (Å²) in [6.07, 6.45) is 1.75. The number of carbonyl (C=O) groups is 1. The van der Waals surface area contributed by atoms with E-state index in [0.29, 0.717) is 4.47 Å². The molecule has 0 saturated heterocycles. The van der Waals surface area contributed by atoms with Gasteiger partial charge in [0.05, 0.1) is 11.1 Å². The second-order valence-electron chi connectivity index (χ2n) is 4.41. The number of benzene rings is 2. The first-order valence-corrected chi connectivity index (χ1v) is 6.82. The number of pyridine rings is 1. The van der Waals surface area contributed by atoms with Gasteiger partial charge >= 0.3 is 5.97 Å². The number of carboxylic acid groups (broad SMARTS) is 1. The molecule has 3 rings (SSSR count). The first kappa shape index (κ1) is 12.8. The molecular weight excluding hydrogens is 318 g/mol. The van der Waals surface area contributed by atoms with Crippen LogP contribution in [0.3, 0.4) is 0 Å². The van der Waals surface area contributed by atoms with Gasteiger partial charge < -0.3 is 5.11 Å². The molecule has 1 heterocycles. The van der Waals surface area contributed by atoms with E-state index < -0.39 is 5.97 Å². The predicted molar refractivity (Wildman–Crippen MR) is 81.8 cm³/mol. The Morgan fingerprint density at radius 2 is 1.80 bits per heavy atom. The monoisotopic (exact) mass is 327 g/mol. The first-order chi connectivity index (χ1) is 9.65. The third-order valence-electron chi connectivity index (χ3n) is 3.14. The molecule has 98 valence electrons. The van der Waals surface area contributed by atoms with Gasteiger partial charge in [0.15, 0.2) is 0 Å². The van der Waals surface area contributed by atoms with Crippen molar-refractivity contribution in [3.63, 3.8) is 0 Å². The highest BCUT2D eigenvalue weighted by atomic mass is 79.9. The molecule has 1 aromatic heterocycles. The SMILES string of the molecule is O=C(O)c1cc(-c2ccc3cccnc3c2)ccc1Br. The molecule has 0 aliphatic rings. The fourth-order valence-corrected chi connectivity index (χ4v) is 2.53. The molecule has 2 aromatic carbocycles. The minimum atomic E-state index is -0.947. The van der Waals surface area contributed by atoms with E-state index in [-0.39, 0.29) is 5.56 Å². The number of hydrogen-bond donors (Lipinski definition) is 1. The average Bonchev–Trinajstić information content (AvgIpc) is 2.47. The summed E-state index contributed by atoms with van der Waals surface area (Å²) in [6.45, 7) is 0. The van der Waals surface area contributed by atoms with E-state index in [1.54, 1.807) is 18.3 Å². The second-order valence-corrected chi connectivity index (χ2v) is 5.26. The molecule has 0 aliphatic heterocycles. The lowest BCUT2D eigenvalue weighted by atomic mass is 10.0. The summed E-state index contributed by atoms with van der Waals surface area (Å²) >= 11 is 3.25. The maximum atomic E-state index is 11.2. The normalized spacial score (nSPS) is 10.7. The van der Waals surface area contributed by atoms with Gasteiger partial charge in [-0.1, -0.05) is 24.3 Å². The van der Waals surface area contributed by atoms with Crippen LogP contribution in [0.25, 0.3) is 22.0 Å². The van der Waals surface area contributed by atoms with Crippen LogP contribution in [0.2, 0.25) is 0 Å². The molecule has 0 spiro atoms. The van der Waals surface area contributed by atoms with E-state index >= 15 is 0 Å². The zero-order valence-corrected chi connectivity index (χ0v) is 12.0. The van der Waals surface area contributed by atoms with Crippen molar-refractivity contribution < 1.29 is 9.90 Å².